The zero-order valence-electron chi connectivity index (χ0n) is 77.4. The maximum absolute atomic E-state index is 2.80. The van der Waals surface area contributed by atoms with Crippen molar-refractivity contribution in [1.29, 1.82) is 0 Å². The Morgan fingerprint density at radius 1 is 0.198 bits per heavy atom. The van der Waals surface area contributed by atoms with Crippen LogP contribution in [-0.2, 0) is 27.1 Å². The highest BCUT2D eigenvalue weighted by Gasteiger charge is 2.47. The first-order valence-corrected chi connectivity index (χ1v) is 47.0. The summed E-state index contributed by atoms with van der Waals surface area (Å²) in [5, 5.41) is 20.7. The van der Waals surface area contributed by atoms with Gasteiger partial charge in [0.1, 0.15) is 0 Å². The van der Waals surface area contributed by atoms with Crippen LogP contribution in [0, 0.1) is 0 Å². The summed E-state index contributed by atoms with van der Waals surface area (Å²) in [7, 11) is 0. The van der Waals surface area contributed by atoms with Crippen LogP contribution in [0.25, 0.3) is 186 Å². The van der Waals surface area contributed by atoms with Crippen molar-refractivity contribution in [2.75, 3.05) is 9.80 Å². The lowest BCUT2D eigenvalue weighted by Gasteiger charge is -2.46. The highest BCUT2D eigenvalue weighted by molar-refractivity contribution is 7.00. The summed E-state index contributed by atoms with van der Waals surface area (Å²) in [4.78, 5) is 5.60. The molecule has 0 fully saturated rings. The molecule has 23 aromatic rings. The van der Waals surface area contributed by atoms with Crippen molar-refractivity contribution in [3.8, 4) is 78.1 Å². The second-order valence-corrected chi connectivity index (χ2v) is 42.8. The Balaban J connectivity index is 0.864. The largest absolute Gasteiger partial charge is 0.310 e. The van der Waals surface area contributed by atoms with Gasteiger partial charge in [0.15, 0.2) is 0 Å². The average Bonchev–Trinajstić information content (AvgIpc) is 1.13. The molecule has 2 aliphatic heterocycles. The first kappa shape index (κ1) is 78.7. The minimum Gasteiger partial charge on any atom is -0.310 e. The maximum Gasteiger partial charge on any atom is 0.252 e. The van der Waals surface area contributed by atoms with Crippen LogP contribution in [0.2, 0.25) is 0 Å². The van der Waals surface area contributed by atoms with Crippen LogP contribution in [0.1, 0.15) is 132 Å². The van der Waals surface area contributed by atoms with Gasteiger partial charge in [0, 0.05) is 77.9 Å². The number of fused-ring (bicyclic) bond motifs is 6. The molecule has 25 rings (SSSR count). The van der Waals surface area contributed by atoms with Gasteiger partial charge in [0.2, 0.25) is 0 Å². The quantitative estimate of drug-likeness (QED) is 0.0771. The molecule has 2 aliphatic rings. The summed E-state index contributed by atoms with van der Waals surface area (Å²) in [6, 6.07) is 138. The molecule has 4 nitrogen and oxygen atoms in total. The molecule has 5 heteroatoms. The third-order valence-corrected chi connectivity index (χ3v) is 29.7. The number of rotatable bonds is 10. The van der Waals surface area contributed by atoms with Gasteiger partial charge in [-0.2, -0.15) is 0 Å². The zero-order valence-corrected chi connectivity index (χ0v) is 77.4. The van der Waals surface area contributed by atoms with Gasteiger partial charge in [-0.15, -0.1) is 0 Å². The fraction of sp³-hybridized carbons (Fsp3) is 0.159. The maximum atomic E-state index is 2.80. The molecule has 21 aromatic carbocycles. The fourth-order valence-corrected chi connectivity index (χ4v) is 22.9. The van der Waals surface area contributed by atoms with E-state index in [0.29, 0.717) is 0 Å². The second-order valence-electron chi connectivity index (χ2n) is 42.8. The van der Waals surface area contributed by atoms with E-state index in [1.54, 1.807) is 0 Å². The highest BCUT2D eigenvalue weighted by atomic mass is 15.2. The second kappa shape index (κ2) is 28.0. The summed E-state index contributed by atoms with van der Waals surface area (Å²) in [6.45, 7) is 35.0. The van der Waals surface area contributed by atoms with E-state index in [9.17, 15) is 0 Å². The van der Waals surface area contributed by atoms with E-state index in [0.717, 1.165) is 112 Å². The number of aromatic nitrogens is 2. The Labute approximate surface area is 767 Å². The van der Waals surface area contributed by atoms with E-state index >= 15 is 0 Å². The monoisotopic (exact) mass is 1680 g/mol. The van der Waals surface area contributed by atoms with Crippen LogP contribution < -0.4 is 26.2 Å². The Kier molecular flexibility index (Phi) is 16.8. The predicted molar refractivity (Wildman–Crippen MR) is 565 cm³/mol. The molecule has 0 bridgehead atoms. The van der Waals surface area contributed by atoms with Crippen LogP contribution >= 0.6 is 0 Å². The molecular weight excluding hydrogens is 1580 g/mol. The van der Waals surface area contributed by atoms with Crippen LogP contribution in [0.4, 0.5) is 34.1 Å². The van der Waals surface area contributed by atoms with Crippen LogP contribution in [0.5, 0.6) is 0 Å². The van der Waals surface area contributed by atoms with Gasteiger partial charge in [-0.05, 0) is 265 Å². The molecule has 0 amide bonds. The van der Waals surface area contributed by atoms with Crippen LogP contribution in [-0.4, -0.2) is 15.8 Å². The van der Waals surface area contributed by atoms with E-state index < -0.39 is 5.41 Å². The molecule has 630 valence electrons. The molecule has 0 N–H and O–H groups in total. The molecule has 0 unspecified atom stereocenters. The Bertz CT molecular complexity index is 7750. The zero-order chi connectivity index (χ0) is 89.1. The lowest BCUT2D eigenvalue weighted by molar-refractivity contribution is 0.590. The summed E-state index contributed by atoms with van der Waals surface area (Å²) >= 11 is 0. The van der Waals surface area contributed by atoms with Crippen molar-refractivity contribution in [2.45, 2.75) is 131 Å². The van der Waals surface area contributed by atoms with Crippen molar-refractivity contribution in [2.24, 2.45) is 0 Å². The third-order valence-electron chi connectivity index (χ3n) is 29.7. The highest BCUT2D eigenvalue weighted by Crippen LogP contribution is 2.58. The van der Waals surface area contributed by atoms with E-state index in [4.69, 9.17) is 0 Å². The smallest absolute Gasteiger partial charge is 0.252 e. The fourth-order valence-electron chi connectivity index (χ4n) is 22.9. The van der Waals surface area contributed by atoms with Gasteiger partial charge in [-0.3, -0.25) is 0 Å². The summed E-state index contributed by atoms with van der Waals surface area (Å²) < 4.78 is 5.25. The standard InChI is InChI=1S/C126H103BN4/c1-122(2,3)86-50-38-76(39-51-86)97-66-84(74-26-18-16-19-27-74)67-98(77-40-52-87(53-41-77)123(4,5)6)120(97)130-107-72-91(128-103-62-46-80-30-22-34-93-94-35-23-31-81-47-63-104(128)116(112(81)94)115(103)111(80)93)58-60-101(107)127-102-61-59-92(129-105-64-48-82-32-24-36-95-96-37-25-33-83-49-65-106(129)118(114(83)96)117(105)113(82)95)73-108(102)131(110-71-90(126(13,14)15)70-109(130)119(110)127)121-99(78-42-54-88(55-43-78)124(7,8)9)68-85(75-28-20-17-21-29-75)69-100(121)79-44-56-89(57-45-79)125(10,11)12/h16-73H,1-15H3. The summed E-state index contributed by atoms with van der Waals surface area (Å²) in [5.74, 6) is 0. The van der Waals surface area contributed by atoms with Crippen molar-refractivity contribution in [3.63, 3.8) is 0 Å². The van der Waals surface area contributed by atoms with E-state index in [1.807, 2.05) is 0 Å². The lowest BCUT2D eigenvalue weighted by atomic mass is 9.33. The summed E-state index contributed by atoms with van der Waals surface area (Å²) in [5.41, 5.74) is 36.7. The molecule has 0 radical (unpaired) electrons. The van der Waals surface area contributed by atoms with Crippen molar-refractivity contribution in [1.82, 2.24) is 9.13 Å². The predicted octanol–water partition coefficient (Wildman–Crippen LogP) is 33.1. The minimum absolute atomic E-state index is 0.101. The minimum atomic E-state index is -0.414. The van der Waals surface area contributed by atoms with E-state index in [-0.39, 0.29) is 28.4 Å². The van der Waals surface area contributed by atoms with E-state index in [2.05, 4.69) is 475 Å². The number of benzene rings is 21. The summed E-state index contributed by atoms with van der Waals surface area (Å²) in [6.07, 6.45) is 0. The number of anilines is 6. The van der Waals surface area contributed by atoms with Crippen molar-refractivity contribution in [3.05, 3.63) is 380 Å². The number of hydrogen-bond donors (Lipinski definition) is 0. The van der Waals surface area contributed by atoms with Crippen LogP contribution in [0.3, 0.4) is 0 Å². The third kappa shape index (κ3) is 11.9. The van der Waals surface area contributed by atoms with Gasteiger partial charge in [0.05, 0.1) is 33.4 Å². The molecule has 131 heavy (non-hydrogen) atoms. The normalized spacial score (nSPS) is 13.4. The molecule has 0 atom stereocenters. The molecule has 2 aromatic heterocycles. The number of hydrogen-bond acceptors (Lipinski definition) is 2. The molecule has 0 aliphatic carbocycles. The van der Waals surface area contributed by atoms with E-state index in [1.165, 1.54) is 152 Å². The van der Waals surface area contributed by atoms with Gasteiger partial charge in [-0.1, -0.05) is 371 Å². The topological polar surface area (TPSA) is 16.3 Å². The van der Waals surface area contributed by atoms with Gasteiger partial charge in [-0.25, -0.2) is 0 Å². The van der Waals surface area contributed by atoms with Crippen molar-refractivity contribution < 1.29 is 0 Å². The molecule has 0 spiro atoms. The average molecular weight is 1680 g/mol. The van der Waals surface area contributed by atoms with Gasteiger partial charge >= 0.3 is 0 Å². The lowest BCUT2D eigenvalue weighted by Crippen LogP contribution is -2.61. The number of nitrogens with zero attached hydrogens (tertiary/aromatic N) is 4. The molecule has 4 heterocycles. The molecule has 0 saturated heterocycles. The first-order chi connectivity index (χ1) is 63.1. The van der Waals surface area contributed by atoms with Gasteiger partial charge in [0.25, 0.3) is 6.71 Å². The Morgan fingerprint density at radius 3 is 0.740 bits per heavy atom. The Morgan fingerprint density at radius 2 is 0.473 bits per heavy atom. The van der Waals surface area contributed by atoms with Gasteiger partial charge < -0.3 is 18.9 Å². The first-order valence-electron chi connectivity index (χ1n) is 47.0. The van der Waals surface area contributed by atoms with Crippen LogP contribution in [0.15, 0.2) is 352 Å². The molecule has 0 saturated carbocycles. The SMILES string of the molecule is CC(C)(C)c1ccc(-c2cc(-c3ccccc3)cc(-c3ccc(C(C)(C)C)cc3)c2N2c3cc(-n4c5ccc6cccc7c8cccc9ccc4c(c98)c5c67)ccc3B3c4ccc(-n5c6ccc7cccc8c9cccc%10ccc5c(c%109)c6c78)cc4N(c4c(-c5ccc(C(C)(C)C)cc5)cc(-c5ccccc5)cc4-c4ccc(C(C)(C)C)cc4)c4cc(C(C)(C)C)cc2c43)cc1. The molecular formula is C126H103BN4. The van der Waals surface area contributed by atoms with Crippen molar-refractivity contribution >= 4 is 165 Å². The Hall–Kier alpha value is -14.5.